The maximum absolute atomic E-state index is 13.3. The summed E-state index contributed by atoms with van der Waals surface area (Å²) in [6, 6.07) is 14.8. The van der Waals surface area contributed by atoms with Gasteiger partial charge < -0.3 is 10.1 Å². The van der Waals surface area contributed by atoms with E-state index in [0.717, 1.165) is 5.56 Å². The Hall–Kier alpha value is -2.45. The van der Waals surface area contributed by atoms with E-state index in [0.29, 0.717) is 0 Å². The summed E-state index contributed by atoms with van der Waals surface area (Å²) in [4.78, 5) is 11.6. The predicted molar refractivity (Wildman–Crippen MR) is 92.0 cm³/mol. The zero-order chi connectivity index (χ0) is 18.1. The van der Waals surface area contributed by atoms with Crippen molar-refractivity contribution in [3.63, 3.8) is 0 Å². The molecule has 0 aliphatic rings. The van der Waals surface area contributed by atoms with Crippen LogP contribution in [0.3, 0.4) is 0 Å². The van der Waals surface area contributed by atoms with Crippen LogP contribution in [0.4, 0.5) is 4.39 Å². The first-order valence-corrected chi connectivity index (χ1v) is 9.27. The average molecular weight is 366 g/mol. The summed E-state index contributed by atoms with van der Waals surface area (Å²) in [6.07, 6.45) is 0. The van der Waals surface area contributed by atoms with Crippen LogP contribution in [0.15, 0.2) is 54.6 Å². The first-order chi connectivity index (χ1) is 12.0. The van der Waals surface area contributed by atoms with Crippen LogP contribution in [0.25, 0.3) is 0 Å². The van der Waals surface area contributed by atoms with Crippen molar-refractivity contribution in [3.8, 4) is 5.75 Å². The van der Waals surface area contributed by atoms with Gasteiger partial charge in [-0.1, -0.05) is 42.5 Å². The number of carbonyl (C=O) groups excluding carboxylic acids is 1. The lowest BCUT2D eigenvalue weighted by atomic mass is 10.2. The van der Waals surface area contributed by atoms with Crippen LogP contribution in [0, 0.1) is 5.82 Å². The quantitative estimate of drug-likeness (QED) is 0.703. The molecule has 0 aliphatic carbocycles. The molecule has 0 unspecified atom stereocenters. The number of hydrogen-bond acceptors (Lipinski definition) is 4. The van der Waals surface area contributed by atoms with E-state index >= 15 is 0 Å². The van der Waals surface area contributed by atoms with Gasteiger partial charge in [-0.25, -0.2) is 17.5 Å². The Bertz CT molecular complexity index is 797. The minimum atomic E-state index is -3.51. The van der Waals surface area contributed by atoms with Crippen LogP contribution in [-0.4, -0.2) is 33.2 Å². The molecular weight excluding hydrogens is 347 g/mol. The standard InChI is InChI=1S/C17H19FN2O4S/c18-15-8-4-5-9-16(15)24-13-17(21)19-10-11-25(22,23)20-12-14-6-2-1-3-7-14/h1-9,20H,10-13H2,(H,19,21). The number of rotatable bonds is 9. The van der Waals surface area contributed by atoms with Crippen molar-refractivity contribution in [1.29, 1.82) is 0 Å². The van der Waals surface area contributed by atoms with Crippen molar-refractivity contribution in [3.05, 3.63) is 66.0 Å². The summed E-state index contributed by atoms with van der Waals surface area (Å²) in [6.45, 7) is -0.268. The fraction of sp³-hybridized carbons (Fsp3) is 0.235. The fourth-order valence-electron chi connectivity index (χ4n) is 1.94. The van der Waals surface area contributed by atoms with E-state index < -0.39 is 28.4 Å². The van der Waals surface area contributed by atoms with E-state index in [9.17, 15) is 17.6 Å². The van der Waals surface area contributed by atoms with E-state index in [1.807, 2.05) is 30.3 Å². The largest absolute Gasteiger partial charge is 0.481 e. The zero-order valence-corrected chi connectivity index (χ0v) is 14.3. The molecule has 0 atom stereocenters. The number of carbonyl (C=O) groups is 1. The first kappa shape index (κ1) is 18.9. The van der Waals surface area contributed by atoms with E-state index in [-0.39, 0.29) is 24.6 Å². The number of hydrogen-bond donors (Lipinski definition) is 2. The van der Waals surface area contributed by atoms with Crippen LogP contribution < -0.4 is 14.8 Å². The number of ether oxygens (including phenoxy) is 1. The van der Waals surface area contributed by atoms with Gasteiger partial charge in [-0.15, -0.1) is 0 Å². The monoisotopic (exact) mass is 366 g/mol. The number of para-hydroxylation sites is 1. The highest BCUT2D eigenvalue weighted by Crippen LogP contribution is 2.14. The number of nitrogens with one attached hydrogen (secondary N) is 2. The van der Waals surface area contributed by atoms with E-state index in [2.05, 4.69) is 10.0 Å². The molecule has 2 rings (SSSR count). The molecule has 0 heterocycles. The molecule has 0 saturated carbocycles. The molecule has 0 aliphatic heterocycles. The van der Waals surface area contributed by atoms with E-state index in [4.69, 9.17) is 4.74 Å². The Kier molecular flexibility index (Phi) is 6.91. The molecule has 0 saturated heterocycles. The van der Waals surface area contributed by atoms with Crippen molar-refractivity contribution >= 4 is 15.9 Å². The molecule has 6 nitrogen and oxygen atoms in total. The number of benzene rings is 2. The fourth-order valence-corrected chi connectivity index (χ4v) is 2.84. The Morgan fingerprint density at radius 1 is 1.04 bits per heavy atom. The summed E-state index contributed by atoms with van der Waals surface area (Å²) in [7, 11) is -3.51. The second-order valence-electron chi connectivity index (χ2n) is 5.19. The van der Waals surface area contributed by atoms with Gasteiger partial charge in [0.15, 0.2) is 18.2 Å². The van der Waals surface area contributed by atoms with Crippen molar-refractivity contribution in [2.45, 2.75) is 6.54 Å². The third kappa shape index (κ3) is 6.90. The smallest absolute Gasteiger partial charge is 0.257 e. The number of halogens is 1. The summed E-state index contributed by atoms with van der Waals surface area (Å²) in [5.74, 6) is -1.38. The summed E-state index contributed by atoms with van der Waals surface area (Å²) < 4.78 is 44.5. The van der Waals surface area contributed by atoms with Crippen molar-refractivity contribution < 1.29 is 22.3 Å². The molecule has 2 N–H and O–H groups in total. The summed E-state index contributed by atoms with van der Waals surface area (Å²) in [5, 5.41) is 2.42. The first-order valence-electron chi connectivity index (χ1n) is 7.61. The van der Waals surface area contributed by atoms with Crippen molar-refractivity contribution in [2.24, 2.45) is 0 Å². The third-order valence-electron chi connectivity index (χ3n) is 3.23. The SMILES string of the molecule is O=C(COc1ccccc1F)NCCS(=O)(=O)NCc1ccccc1. The lowest BCUT2D eigenvalue weighted by molar-refractivity contribution is -0.123. The maximum atomic E-state index is 13.3. The Morgan fingerprint density at radius 2 is 1.72 bits per heavy atom. The van der Waals surface area contributed by atoms with Gasteiger partial charge in [-0.2, -0.15) is 0 Å². The van der Waals surface area contributed by atoms with Crippen LogP contribution in [0.1, 0.15) is 5.56 Å². The zero-order valence-electron chi connectivity index (χ0n) is 13.4. The molecule has 1 amide bonds. The van der Waals surface area contributed by atoms with Crippen LogP contribution in [-0.2, 0) is 21.4 Å². The molecule has 0 fully saturated rings. The van der Waals surface area contributed by atoms with Crippen molar-refractivity contribution in [1.82, 2.24) is 10.0 Å². The number of sulfonamides is 1. The van der Waals surface area contributed by atoms with Gasteiger partial charge in [-0.3, -0.25) is 4.79 Å². The highest BCUT2D eigenvalue weighted by molar-refractivity contribution is 7.89. The Balaban J connectivity index is 1.68. The maximum Gasteiger partial charge on any atom is 0.257 e. The van der Waals surface area contributed by atoms with Gasteiger partial charge in [0.2, 0.25) is 10.0 Å². The lowest BCUT2D eigenvalue weighted by Crippen LogP contribution is -2.36. The second kappa shape index (κ2) is 9.14. The molecule has 25 heavy (non-hydrogen) atoms. The minimum absolute atomic E-state index is 0.0326. The summed E-state index contributed by atoms with van der Waals surface area (Å²) >= 11 is 0. The molecular formula is C17H19FN2O4S. The molecule has 0 bridgehead atoms. The Labute approximate surface area is 146 Å². The molecule has 2 aromatic rings. The minimum Gasteiger partial charge on any atom is -0.481 e. The average Bonchev–Trinajstić information content (AvgIpc) is 2.60. The highest BCUT2D eigenvalue weighted by atomic mass is 32.2. The Morgan fingerprint density at radius 3 is 2.44 bits per heavy atom. The van der Waals surface area contributed by atoms with Gasteiger partial charge in [0, 0.05) is 13.1 Å². The molecule has 134 valence electrons. The highest BCUT2D eigenvalue weighted by Gasteiger charge is 2.11. The normalized spacial score (nSPS) is 11.1. The van der Waals surface area contributed by atoms with Crippen LogP contribution in [0.5, 0.6) is 5.75 Å². The third-order valence-corrected chi connectivity index (χ3v) is 4.55. The van der Waals surface area contributed by atoms with Crippen LogP contribution in [0.2, 0.25) is 0 Å². The summed E-state index contributed by atoms with van der Waals surface area (Å²) in [5.41, 5.74) is 0.841. The lowest BCUT2D eigenvalue weighted by Gasteiger charge is -2.09. The topological polar surface area (TPSA) is 84.5 Å². The molecule has 0 radical (unpaired) electrons. The second-order valence-corrected chi connectivity index (χ2v) is 7.12. The number of amides is 1. The van der Waals surface area contributed by atoms with Gasteiger partial charge in [0.25, 0.3) is 5.91 Å². The van der Waals surface area contributed by atoms with Gasteiger partial charge in [0.05, 0.1) is 5.75 Å². The van der Waals surface area contributed by atoms with E-state index in [1.54, 1.807) is 6.07 Å². The van der Waals surface area contributed by atoms with Crippen LogP contribution >= 0.6 is 0 Å². The van der Waals surface area contributed by atoms with Gasteiger partial charge in [-0.05, 0) is 17.7 Å². The predicted octanol–water partition coefficient (Wildman–Crippen LogP) is 1.44. The van der Waals surface area contributed by atoms with Crippen molar-refractivity contribution in [2.75, 3.05) is 18.9 Å². The van der Waals surface area contributed by atoms with Gasteiger partial charge >= 0.3 is 0 Å². The van der Waals surface area contributed by atoms with E-state index in [1.165, 1.54) is 18.2 Å². The molecule has 2 aromatic carbocycles. The molecule has 0 aromatic heterocycles. The molecule has 0 spiro atoms. The van der Waals surface area contributed by atoms with Gasteiger partial charge in [0.1, 0.15) is 0 Å². The molecule has 8 heteroatoms.